The van der Waals surface area contributed by atoms with Crippen molar-refractivity contribution in [3.63, 3.8) is 0 Å². The number of carbonyl (C=O) groups excluding carboxylic acids is 1. The summed E-state index contributed by atoms with van der Waals surface area (Å²) < 4.78 is 45.1. The summed E-state index contributed by atoms with van der Waals surface area (Å²) >= 11 is 0. The molecule has 0 saturated heterocycles. The lowest BCUT2D eigenvalue weighted by Gasteiger charge is -2.19. The van der Waals surface area contributed by atoms with E-state index in [-0.39, 0.29) is 11.6 Å². The second-order valence-electron chi connectivity index (χ2n) is 6.13. The fourth-order valence-electron chi connectivity index (χ4n) is 1.97. The molecule has 26 heavy (non-hydrogen) atoms. The van der Waals surface area contributed by atoms with E-state index in [9.17, 15) is 22.8 Å². The van der Waals surface area contributed by atoms with Gasteiger partial charge in [-0.1, -0.05) is 6.07 Å². The molecule has 140 valence electrons. The minimum Gasteiger partial charge on any atom is -0.478 e. The Balaban J connectivity index is 2.40. The first kappa shape index (κ1) is 19.2. The molecule has 1 amide bonds. The van der Waals surface area contributed by atoms with Crippen molar-refractivity contribution < 1.29 is 32.6 Å². The van der Waals surface area contributed by atoms with Gasteiger partial charge >= 0.3 is 18.2 Å². The van der Waals surface area contributed by atoms with Gasteiger partial charge < -0.3 is 9.84 Å². The topological polar surface area (TPSA) is 106 Å². The van der Waals surface area contributed by atoms with E-state index in [4.69, 9.17) is 9.84 Å². The fourth-order valence-corrected chi connectivity index (χ4v) is 1.97. The van der Waals surface area contributed by atoms with E-state index in [1.165, 1.54) is 18.2 Å². The summed E-state index contributed by atoms with van der Waals surface area (Å²) in [5, 5.41) is 14.7. The van der Waals surface area contributed by atoms with Crippen molar-refractivity contribution in [1.29, 1.82) is 0 Å². The van der Waals surface area contributed by atoms with Crippen molar-refractivity contribution in [2.24, 2.45) is 0 Å². The molecule has 0 aliphatic rings. The molecule has 0 unspecified atom stereocenters. The number of hydrogen-bond donors (Lipinski definition) is 2. The van der Waals surface area contributed by atoms with E-state index in [0.29, 0.717) is 10.9 Å². The Morgan fingerprint density at radius 1 is 1.23 bits per heavy atom. The molecule has 0 fully saturated rings. The Kier molecular flexibility index (Phi) is 4.92. The van der Waals surface area contributed by atoms with E-state index in [1.807, 2.05) is 0 Å². The normalized spacial score (nSPS) is 11.9. The average molecular weight is 372 g/mol. The summed E-state index contributed by atoms with van der Waals surface area (Å²) in [6.07, 6.45) is -5.23. The molecule has 8 nitrogen and oxygen atoms in total. The summed E-state index contributed by atoms with van der Waals surface area (Å²) in [5.41, 5.74) is -3.26. The lowest BCUT2D eigenvalue weighted by molar-refractivity contribution is -0.143. The number of hydrogen-bond acceptors (Lipinski definition) is 5. The first-order chi connectivity index (χ1) is 11.9. The van der Waals surface area contributed by atoms with Crippen molar-refractivity contribution in [3.8, 4) is 5.82 Å². The Bertz CT molecular complexity index is 840. The van der Waals surface area contributed by atoms with E-state index in [2.05, 4.69) is 15.4 Å². The number of carboxylic acid groups (broad SMARTS) is 1. The maximum Gasteiger partial charge on any atom is 0.434 e. The van der Waals surface area contributed by atoms with E-state index in [1.54, 1.807) is 20.8 Å². The van der Waals surface area contributed by atoms with Gasteiger partial charge in [-0.15, -0.1) is 0 Å². The van der Waals surface area contributed by atoms with Crippen LogP contribution in [0.3, 0.4) is 0 Å². The molecule has 2 aromatic heterocycles. The van der Waals surface area contributed by atoms with Crippen LogP contribution in [0.2, 0.25) is 0 Å². The van der Waals surface area contributed by atoms with Crippen LogP contribution in [0.25, 0.3) is 5.82 Å². The minimum atomic E-state index is -4.97. The second kappa shape index (κ2) is 6.65. The van der Waals surface area contributed by atoms with Crippen molar-refractivity contribution in [2.75, 3.05) is 5.32 Å². The average Bonchev–Trinajstić information content (AvgIpc) is 2.90. The van der Waals surface area contributed by atoms with E-state index < -0.39 is 35.1 Å². The highest BCUT2D eigenvalue weighted by atomic mass is 19.4. The standard InChI is InChI=1S/C15H15F3N4O4/c1-14(2,3)26-13(25)21-9-5-4-6-10(20-9)22-11(15(16,17)18)8(7-19-22)12(23)24/h4-7H,1-3H3,(H,23,24)(H,20,21,25). The summed E-state index contributed by atoms with van der Waals surface area (Å²) in [6.45, 7) is 4.93. The maximum absolute atomic E-state index is 13.2. The zero-order chi connectivity index (χ0) is 19.7. The van der Waals surface area contributed by atoms with Gasteiger partial charge in [-0.25, -0.2) is 19.3 Å². The lowest BCUT2D eigenvalue weighted by Crippen LogP contribution is -2.27. The number of ether oxygens (including phenoxy) is 1. The van der Waals surface area contributed by atoms with Crippen LogP contribution in [0, 0.1) is 0 Å². The smallest absolute Gasteiger partial charge is 0.434 e. The van der Waals surface area contributed by atoms with Gasteiger partial charge in [-0.2, -0.15) is 18.3 Å². The van der Waals surface area contributed by atoms with Crippen LogP contribution >= 0.6 is 0 Å². The second-order valence-corrected chi connectivity index (χ2v) is 6.13. The third-order valence-corrected chi connectivity index (χ3v) is 2.85. The summed E-state index contributed by atoms with van der Waals surface area (Å²) in [7, 11) is 0. The van der Waals surface area contributed by atoms with Crippen LogP contribution < -0.4 is 5.32 Å². The minimum absolute atomic E-state index is 0.0859. The van der Waals surface area contributed by atoms with Crippen LogP contribution in [-0.4, -0.2) is 37.5 Å². The van der Waals surface area contributed by atoms with E-state index in [0.717, 1.165) is 0 Å². The van der Waals surface area contributed by atoms with Crippen molar-refractivity contribution >= 4 is 17.9 Å². The van der Waals surface area contributed by atoms with Gasteiger partial charge in [-0.3, -0.25) is 5.32 Å². The van der Waals surface area contributed by atoms with Crippen molar-refractivity contribution in [1.82, 2.24) is 14.8 Å². The van der Waals surface area contributed by atoms with Crippen molar-refractivity contribution in [2.45, 2.75) is 32.5 Å². The number of alkyl halides is 3. The third kappa shape index (κ3) is 4.49. The molecular weight excluding hydrogens is 357 g/mol. The Morgan fingerprint density at radius 2 is 1.88 bits per heavy atom. The van der Waals surface area contributed by atoms with E-state index >= 15 is 0 Å². The SMILES string of the molecule is CC(C)(C)OC(=O)Nc1cccc(-n2ncc(C(=O)O)c2C(F)(F)F)n1. The summed E-state index contributed by atoms with van der Waals surface area (Å²) in [5.74, 6) is -2.18. The first-order valence-corrected chi connectivity index (χ1v) is 7.24. The number of pyridine rings is 1. The predicted molar refractivity (Wildman–Crippen MR) is 83.2 cm³/mol. The quantitative estimate of drug-likeness (QED) is 0.856. The highest BCUT2D eigenvalue weighted by Crippen LogP contribution is 2.33. The summed E-state index contributed by atoms with van der Waals surface area (Å²) in [6, 6.07) is 3.85. The predicted octanol–water partition coefficient (Wildman–Crippen LogP) is 3.33. The van der Waals surface area contributed by atoms with Crippen LogP contribution in [0.5, 0.6) is 0 Å². The number of nitrogens with zero attached hydrogens (tertiary/aromatic N) is 3. The van der Waals surface area contributed by atoms with Gasteiger partial charge in [0.25, 0.3) is 0 Å². The van der Waals surface area contributed by atoms with Gasteiger partial charge in [0.15, 0.2) is 11.5 Å². The number of aromatic carboxylic acids is 1. The monoisotopic (exact) mass is 372 g/mol. The third-order valence-electron chi connectivity index (χ3n) is 2.85. The molecule has 0 radical (unpaired) electrons. The highest BCUT2D eigenvalue weighted by Gasteiger charge is 2.41. The lowest BCUT2D eigenvalue weighted by atomic mass is 10.2. The number of carboxylic acids is 1. The fraction of sp³-hybridized carbons (Fsp3) is 0.333. The molecule has 0 aromatic carbocycles. The molecule has 11 heteroatoms. The Morgan fingerprint density at radius 3 is 2.42 bits per heavy atom. The first-order valence-electron chi connectivity index (χ1n) is 7.24. The van der Waals surface area contributed by atoms with Crippen LogP contribution in [-0.2, 0) is 10.9 Å². The van der Waals surface area contributed by atoms with Crippen molar-refractivity contribution in [3.05, 3.63) is 35.7 Å². The molecule has 2 heterocycles. The zero-order valence-electron chi connectivity index (χ0n) is 14.0. The summed E-state index contributed by atoms with van der Waals surface area (Å²) in [4.78, 5) is 26.6. The van der Waals surface area contributed by atoms with Gasteiger partial charge in [0.2, 0.25) is 0 Å². The molecule has 0 aliphatic heterocycles. The van der Waals surface area contributed by atoms with Gasteiger partial charge in [0.1, 0.15) is 17.0 Å². The molecule has 2 N–H and O–H groups in total. The Labute approximate surface area is 145 Å². The van der Waals surface area contributed by atoms with Gasteiger partial charge in [0.05, 0.1) is 6.20 Å². The molecule has 0 bridgehead atoms. The van der Waals surface area contributed by atoms with Gasteiger partial charge in [0, 0.05) is 0 Å². The molecule has 0 spiro atoms. The number of nitrogens with one attached hydrogen (secondary N) is 1. The maximum atomic E-state index is 13.2. The van der Waals surface area contributed by atoms with Crippen LogP contribution in [0.4, 0.5) is 23.8 Å². The highest BCUT2D eigenvalue weighted by molar-refractivity contribution is 5.89. The number of halogens is 3. The van der Waals surface area contributed by atoms with Crippen LogP contribution in [0.15, 0.2) is 24.4 Å². The zero-order valence-corrected chi connectivity index (χ0v) is 14.0. The Hall–Kier alpha value is -3.11. The van der Waals surface area contributed by atoms with Gasteiger partial charge in [-0.05, 0) is 32.9 Å². The largest absolute Gasteiger partial charge is 0.478 e. The molecule has 0 aliphatic carbocycles. The molecule has 2 rings (SSSR count). The molecule has 0 saturated carbocycles. The van der Waals surface area contributed by atoms with Crippen LogP contribution in [0.1, 0.15) is 36.8 Å². The number of amides is 1. The number of carbonyl (C=O) groups is 2. The number of aromatic nitrogens is 3. The number of rotatable bonds is 3. The molecule has 2 aromatic rings. The molecule has 0 atom stereocenters. The number of anilines is 1. The molecular formula is C15H15F3N4O4.